The number of nitrogens with two attached hydrogens (primary N) is 1. The fraction of sp³-hybridized carbons (Fsp3) is 0. The SMILES string of the molecule is NC(=O)c1ccccc1Nc1nc(-c2cccnc2)nc2c(Cl)cccc12. The van der Waals surface area contributed by atoms with Gasteiger partial charge in [0.1, 0.15) is 5.82 Å². The van der Waals surface area contributed by atoms with Crippen molar-refractivity contribution >= 4 is 39.9 Å². The molecule has 132 valence electrons. The summed E-state index contributed by atoms with van der Waals surface area (Å²) in [5.41, 5.74) is 7.77. The van der Waals surface area contributed by atoms with E-state index in [9.17, 15) is 4.79 Å². The van der Waals surface area contributed by atoms with E-state index >= 15 is 0 Å². The molecule has 1 amide bonds. The highest BCUT2D eigenvalue weighted by molar-refractivity contribution is 6.35. The number of anilines is 2. The molecular formula is C20H14ClN5O. The minimum atomic E-state index is -0.526. The van der Waals surface area contributed by atoms with Crippen LogP contribution >= 0.6 is 11.6 Å². The summed E-state index contributed by atoms with van der Waals surface area (Å²) in [6, 6.07) is 16.1. The van der Waals surface area contributed by atoms with Gasteiger partial charge in [-0.05, 0) is 36.4 Å². The summed E-state index contributed by atoms with van der Waals surface area (Å²) < 4.78 is 0. The highest BCUT2D eigenvalue weighted by atomic mass is 35.5. The Bertz CT molecular complexity index is 1150. The Morgan fingerprint density at radius 2 is 1.85 bits per heavy atom. The number of halogens is 1. The number of para-hydroxylation sites is 2. The first kappa shape index (κ1) is 16.9. The number of hydrogen-bond donors (Lipinski definition) is 2. The van der Waals surface area contributed by atoms with Crippen LogP contribution in [-0.2, 0) is 0 Å². The maximum atomic E-state index is 11.7. The van der Waals surface area contributed by atoms with Crippen molar-refractivity contribution in [3.8, 4) is 11.4 Å². The number of fused-ring (bicyclic) bond motifs is 1. The normalized spacial score (nSPS) is 10.7. The van der Waals surface area contributed by atoms with Crippen molar-refractivity contribution in [3.63, 3.8) is 0 Å². The van der Waals surface area contributed by atoms with Crippen molar-refractivity contribution in [1.82, 2.24) is 15.0 Å². The predicted octanol–water partition coefficient (Wildman–Crippen LogP) is 4.19. The summed E-state index contributed by atoms with van der Waals surface area (Å²) in [5, 5.41) is 4.44. The number of pyridine rings is 1. The predicted molar refractivity (Wildman–Crippen MR) is 106 cm³/mol. The summed E-state index contributed by atoms with van der Waals surface area (Å²) >= 11 is 6.37. The van der Waals surface area contributed by atoms with Crippen LogP contribution in [0, 0.1) is 0 Å². The van der Waals surface area contributed by atoms with Crippen LogP contribution in [0.15, 0.2) is 67.0 Å². The van der Waals surface area contributed by atoms with Gasteiger partial charge in [0.25, 0.3) is 5.91 Å². The quantitative estimate of drug-likeness (QED) is 0.557. The molecule has 0 bridgehead atoms. The molecule has 4 rings (SSSR count). The van der Waals surface area contributed by atoms with Gasteiger partial charge in [-0.1, -0.05) is 29.8 Å². The van der Waals surface area contributed by atoms with Crippen molar-refractivity contribution < 1.29 is 4.79 Å². The van der Waals surface area contributed by atoms with Crippen LogP contribution < -0.4 is 11.1 Å². The summed E-state index contributed by atoms with van der Waals surface area (Å²) in [7, 11) is 0. The number of primary amides is 1. The molecule has 0 spiro atoms. The number of benzene rings is 2. The van der Waals surface area contributed by atoms with Gasteiger partial charge in [0, 0.05) is 23.3 Å². The average molecular weight is 376 g/mol. The smallest absolute Gasteiger partial charge is 0.250 e. The second-order valence-corrected chi connectivity index (χ2v) is 6.22. The lowest BCUT2D eigenvalue weighted by Gasteiger charge is -2.13. The van der Waals surface area contributed by atoms with Crippen molar-refractivity contribution in [2.75, 3.05) is 5.32 Å². The fourth-order valence-corrected chi connectivity index (χ4v) is 2.99. The van der Waals surface area contributed by atoms with Crippen molar-refractivity contribution in [2.45, 2.75) is 0 Å². The highest BCUT2D eigenvalue weighted by Crippen LogP contribution is 2.31. The molecule has 3 N–H and O–H groups in total. The third-order valence-corrected chi connectivity index (χ3v) is 4.35. The fourth-order valence-electron chi connectivity index (χ4n) is 2.77. The van der Waals surface area contributed by atoms with Gasteiger partial charge < -0.3 is 11.1 Å². The van der Waals surface area contributed by atoms with Crippen LogP contribution in [0.5, 0.6) is 0 Å². The van der Waals surface area contributed by atoms with Gasteiger partial charge >= 0.3 is 0 Å². The number of hydrogen-bond acceptors (Lipinski definition) is 5. The molecule has 4 aromatic rings. The molecule has 0 saturated heterocycles. The van der Waals surface area contributed by atoms with E-state index in [4.69, 9.17) is 17.3 Å². The van der Waals surface area contributed by atoms with Gasteiger partial charge in [0.15, 0.2) is 5.82 Å². The monoisotopic (exact) mass is 375 g/mol. The standard InChI is InChI=1S/C20H14ClN5O/c21-15-8-3-7-14-17(15)25-19(12-5-4-10-23-11-12)26-20(14)24-16-9-2-1-6-13(16)18(22)27/h1-11H,(H2,22,27)(H,24,25,26). The van der Waals surface area contributed by atoms with Crippen LogP contribution in [0.2, 0.25) is 5.02 Å². The van der Waals surface area contributed by atoms with Gasteiger partial charge in [0.2, 0.25) is 0 Å². The minimum absolute atomic E-state index is 0.370. The maximum absolute atomic E-state index is 11.7. The van der Waals surface area contributed by atoms with E-state index in [0.717, 1.165) is 10.9 Å². The Morgan fingerprint density at radius 3 is 2.63 bits per heavy atom. The largest absolute Gasteiger partial charge is 0.366 e. The molecular weight excluding hydrogens is 362 g/mol. The van der Waals surface area contributed by atoms with Gasteiger partial charge in [-0.3, -0.25) is 9.78 Å². The summed E-state index contributed by atoms with van der Waals surface area (Å²) in [4.78, 5) is 25.1. The number of carbonyl (C=O) groups is 1. The molecule has 0 aliphatic rings. The van der Waals surface area contributed by atoms with Crippen LogP contribution in [-0.4, -0.2) is 20.9 Å². The Kier molecular flexibility index (Phi) is 4.40. The minimum Gasteiger partial charge on any atom is -0.366 e. The second-order valence-electron chi connectivity index (χ2n) is 5.81. The molecule has 2 heterocycles. The molecule has 0 radical (unpaired) electrons. The van der Waals surface area contributed by atoms with E-state index in [1.807, 2.05) is 30.3 Å². The van der Waals surface area contributed by atoms with Crippen molar-refractivity contribution in [2.24, 2.45) is 5.73 Å². The average Bonchev–Trinajstić information content (AvgIpc) is 2.69. The first-order chi connectivity index (χ1) is 13.1. The molecule has 27 heavy (non-hydrogen) atoms. The molecule has 6 nitrogen and oxygen atoms in total. The van der Waals surface area contributed by atoms with Crippen molar-refractivity contribution in [1.29, 1.82) is 0 Å². The summed E-state index contributed by atoms with van der Waals surface area (Å²) in [5.74, 6) is 0.472. The third kappa shape index (κ3) is 3.30. The Hall–Kier alpha value is -3.51. The van der Waals surface area contributed by atoms with E-state index < -0.39 is 5.91 Å². The highest BCUT2D eigenvalue weighted by Gasteiger charge is 2.14. The van der Waals surface area contributed by atoms with E-state index in [-0.39, 0.29) is 0 Å². The lowest BCUT2D eigenvalue weighted by atomic mass is 10.1. The molecule has 0 saturated carbocycles. The lowest BCUT2D eigenvalue weighted by molar-refractivity contribution is 0.100. The van der Waals surface area contributed by atoms with Gasteiger partial charge in [-0.2, -0.15) is 0 Å². The van der Waals surface area contributed by atoms with E-state index in [1.165, 1.54) is 0 Å². The van der Waals surface area contributed by atoms with Crippen LogP contribution in [0.3, 0.4) is 0 Å². The van der Waals surface area contributed by atoms with Gasteiger partial charge in [-0.15, -0.1) is 0 Å². The summed E-state index contributed by atoms with van der Waals surface area (Å²) in [6.07, 6.45) is 3.36. The topological polar surface area (TPSA) is 93.8 Å². The van der Waals surface area contributed by atoms with E-state index in [2.05, 4.69) is 20.3 Å². The molecule has 7 heteroatoms. The Balaban J connectivity index is 1.92. The zero-order valence-corrected chi connectivity index (χ0v) is 14.8. The lowest BCUT2D eigenvalue weighted by Crippen LogP contribution is -2.13. The zero-order chi connectivity index (χ0) is 18.8. The zero-order valence-electron chi connectivity index (χ0n) is 14.1. The number of carbonyl (C=O) groups excluding carboxylic acids is 1. The van der Waals surface area contributed by atoms with Gasteiger partial charge in [-0.25, -0.2) is 9.97 Å². The van der Waals surface area contributed by atoms with Crippen molar-refractivity contribution in [3.05, 3.63) is 77.6 Å². The second kappa shape index (κ2) is 7.01. The molecule has 0 unspecified atom stereocenters. The Labute approximate surface area is 160 Å². The molecule has 0 fully saturated rings. The third-order valence-electron chi connectivity index (χ3n) is 4.04. The molecule has 2 aromatic heterocycles. The van der Waals surface area contributed by atoms with E-state index in [1.54, 1.807) is 36.7 Å². The van der Waals surface area contributed by atoms with Crippen LogP contribution in [0.25, 0.3) is 22.3 Å². The summed E-state index contributed by atoms with van der Waals surface area (Å²) in [6.45, 7) is 0. The van der Waals surface area contributed by atoms with Gasteiger partial charge in [0.05, 0.1) is 21.8 Å². The van der Waals surface area contributed by atoms with Crippen LogP contribution in [0.1, 0.15) is 10.4 Å². The first-order valence-electron chi connectivity index (χ1n) is 8.16. The van der Waals surface area contributed by atoms with Crippen LogP contribution in [0.4, 0.5) is 11.5 Å². The molecule has 0 aliphatic carbocycles. The number of aromatic nitrogens is 3. The van der Waals surface area contributed by atoms with E-state index in [0.29, 0.717) is 33.4 Å². The number of amides is 1. The first-order valence-corrected chi connectivity index (χ1v) is 8.54. The molecule has 0 atom stereocenters. The number of nitrogens with one attached hydrogen (secondary N) is 1. The maximum Gasteiger partial charge on any atom is 0.250 e. The number of nitrogens with zero attached hydrogens (tertiary/aromatic N) is 3. The molecule has 0 aliphatic heterocycles. The number of rotatable bonds is 4. The molecule has 2 aromatic carbocycles. The Morgan fingerprint density at radius 1 is 1.00 bits per heavy atom.